The van der Waals surface area contributed by atoms with E-state index in [1.807, 2.05) is 19.1 Å². The van der Waals surface area contributed by atoms with Crippen LogP contribution in [-0.2, 0) is 19.4 Å². The monoisotopic (exact) mass is 710 g/mol. The molecule has 2 aromatic carbocycles. The van der Waals surface area contributed by atoms with Crippen molar-refractivity contribution >= 4 is 33.1 Å². The molecule has 260 valence electrons. The van der Waals surface area contributed by atoms with E-state index in [9.17, 15) is 13.6 Å². The number of rotatable bonds is 10. The normalized spacial score (nSPS) is 16.6. The number of aromatic nitrogens is 4. The number of halogens is 3. The number of anilines is 1. The standard InChI is InChI=1S/C38H33F3N6O3S/c1-4-15-47-18-28-32(38(47)48)33(31(37-46-45-19(2)50-37)26(43-28)12-7-20-5-8-22(39)9-6-20)29-16-21-13-14-42-36(35(21)51-29)44-27-17-25(41)30-23(27)10-11-24(40)34(30)49-3/h5-6,8-11,13-14,16,25,27H,4,7,12,15,17-18H2,1-3H3,(H,42,44). The quantitative estimate of drug-likeness (QED) is 0.151. The summed E-state index contributed by atoms with van der Waals surface area (Å²) in [6.45, 7) is 4.68. The molecule has 51 heavy (non-hydrogen) atoms. The Morgan fingerprint density at radius 3 is 2.63 bits per heavy atom. The summed E-state index contributed by atoms with van der Waals surface area (Å²) >= 11 is 1.44. The number of alkyl halides is 1. The topological polar surface area (TPSA) is 106 Å². The predicted octanol–water partition coefficient (Wildman–Crippen LogP) is 8.72. The Kier molecular flexibility index (Phi) is 8.45. The second kappa shape index (κ2) is 13.1. The Balaban J connectivity index is 1.27. The number of amides is 1. The summed E-state index contributed by atoms with van der Waals surface area (Å²) in [6.07, 6.45) is 2.18. The Hall–Kier alpha value is -5.30. The average molecular weight is 711 g/mol. The molecule has 1 amide bonds. The molecule has 1 N–H and O–H groups in total. The predicted molar refractivity (Wildman–Crippen MR) is 188 cm³/mol. The molecule has 6 aromatic rings. The number of nitrogens with zero attached hydrogens (tertiary/aromatic N) is 5. The Labute approximate surface area is 295 Å². The number of nitrogens with one attached hydrogen (secondary N) is 1. The zero-order valence-corrected chi connectivity index (χ0v) is 28.9. The summed E-state index contributed by atoms with van der Waals surface area (Å²) < 4.78 is 55.6. The van der Waals surface area contributed by atoms with Gasteiger partial charge in [0.25, 0.3) is 5.91 Å². The summed E-state index contributed by atoms with van der Waals surface area (Å²) in [4.78, 5) is 26.4. The second-order valence-corrected chi connectivity index (χ2v) is 13.8. The molecular formula is C38H33F3N6O3S. The Morgan fingerprint density at radius 2 is 1.88 bits per heavy atom. The van der Waals surface area contributed by atoms with Gasteiger partial charge in [-0.1, -0.05) is 25.1 Å². The fourth-order valence-electron chi connectivity index (χ4n) is 7.23. The molecule has 0 spiro atoms. The minimum Gasteiger partial charge on any atom is -0.493 e. The van der Waals surface area contributed by atoms with Crippen LogP contribution in [0.1, 0.15) is 76.3 Å². The molecule has 5 heterocycles. The summed E-state index contributed by atoms with van der Waals surface area (Å²) in [6, 6.07) is 12.7. The van der Waals surface area contributed by atoms with Crippen LogP contribution in [0.5, 0.6) is 5.75 Å². The number of ether oxygens (including phenoxy) is 1. The molecule has 1 aliphatic carbocycles. The highest BCUT2D eigenvalue weighted by Gasteiger charge is 2.38. The second-order valence-electron chi connectivity index (χ2n) is 12.8. The minimum atomic E-state index is -1.41. The van der Waals surface area contributed by atoms with Gasteiger partial charge < -0.3 is 19.4 Å². The summed E-state index contributed by atoms with van der Waals surface area (Å²) in [5.41, 5.74) is 4.85. The van der Waals surface area contributed by atoms with Crippen molar-refractivity contribution in [1.29, 1.82) is 0 Å². The molecule has 0 saturated carbocycles. The van der Waals surface area contributed by atoms with Crippen LogP contribution in [0.15, 0.2) is 59.1 Å². The third kappa shape index (κ3) is 5.78. The van der Waals surface area contributed by atoms with Gasteiger partial charge in [-0.25, -0.2) is 18.2 Å². The summed E-state index contributed by atoms with van der Waals surface area (Å²) in [5, 5.41) is 12.8. The van der Waals surface area contributed by atoms with Crippen LogP contribution in [0.25, 0.3) is 32.0 Å². The van der Waals surface area contributed by atoms with Crippen LogP contribution < -0.4 is 10.1 Å². The van der Waals surface area contributed by atoms with Crippen molar-refractivity contribution in [1.82, 2.24) is 25.1 Å². The van der Waals surface area contributed by atoms with Crippen molar-refractivity contribution in [3.8, 4) is 27.6 Å². The average Bonchev–Trinajstić information content (AvgIpc) is 3.89. The lowest BCUT2D eigenvalue weighted by Gasteiger charge is -2.16. The van der Waals surface area contributed by atoms with E-state index in [-0.39, 0.29) is 35.3 Å². The fraction of sp³-hybridized carbons (Fsp3) is 0.289. The number of aryl methyl sites for hydroxylation is 3. The molecule has 0 bridgehead atoms. The number of pyridine rings is 2. The maximum absolute atomic E-state index is 15.3. The van der Waals surface area contributed by atoms with Gasteiger partial charge in [-0.2, -0.15) is 0 Å². The van der Waals surface area contributed by atoms with Gasteiger partial charge in [0.1, 0.15) is 17.8 Å². The van der Waals surface area contributed by atoms with E-state index in [1.54, 1.807) is 36.2 Å². The maximum Gasteiger partial charge on any atom is 0.256 e. The van der Waals surface area contributed by atoms with E-state index in [0.717, 1.165) is 26.9 Å². The van der Waals surface area contributed by atoms with E-state index in [0.29, 0.717) is 71.3 Å². The van der Waals surface area contributed by atoms with Crippen molar-refractivity contribution < 1.29 is 27.1 Å². The number of hydrogen-bond donors (Lipinski definition) is 1. The molecule has 2 aliphatic rings. The molecule has 4 aromatic heterocycles. The molecule has 2 atom stereocenters. The van der Waals surface area contributed by atoms with Crippen LogP contribution in [0.2, 0.25) is 0 Å². The van der Waals surface area contributed by atoms with Gasteiger partial charge in [-0.05, 0) is 66.1 Å². The highest BCUT2D eigenvalue weighted by molar-refractivity contribution is 7.23. The van der Waals surface area contributed by atoms with Crippen molar-refractivity contribution in [2.75, 3.05) is 19.0 Å². The first-order chi connectivity index (χ1) is 24.7. The number of carbonyl (C=O) groups excluding carboxylic acids is 1. The van der Waals surface area contributed by atoms with E-state index < -0.39 is 18.0 Å². The molecule has 0 radical (unpaired) electrons. The summed E-state index contributed by atoms with van der Waals surface area (Å²) in [7, 11) is 1.34. The van der Waals surface area contributed by atoms with Crippen LogP contribution >= 0.6 is 11.3 Å². The lowest BCUT2D eigenvalue weighted by molar-refractivity contribution is 0.0778. The molecule has 2 unspecified atom stereocenters. The van der Waals surface area contributed by atoms with Crippen LogP contribution in [-0.4, -0.2) is 44.6 Å². The first-order valence-electron chi connectivity index (χ1n) is 16.8. The summed E-state index contributed by atoms with van der Waals surface area (Å²) in [5.74, 6) is 0.0329. The first kappa shape index (κ1) is 32.9. The van der Waals surface area contributed by atoms with Crippen LogP contribution in [0.3, 0.4) is 0 Å². The number of methoxy groups -OCH3 is 1. The van der Waals surface area contributed by atoms with Gasteiger partial charge in [0.05, 0.1) is 46.9 Å². The lowest BCUT2D eigenvalue weighted by Crippen LogP contribution is -2.24. The van der Waals surface area contributed by atoms with Gasteiger partial charge in [0.2, 0.25) is 11.8 Å². The third-order valence-electron chi connectivity index (χ3n) is 9.49. The minimum absolute atomic E-state index is 0.0822. The molecule has 0 fully saturated rings. The van der Waals surface area contributed by atoms with Gasteiger partial charge >= 0.3 is 0 Å². The van der Waals surface area contributed by atoms with Crippen LogP contribution in [0.4, 0.5) is 19.0 Å². The largest absolute Gasteiger partial charge is 0.493 e. The molecule has 13 heteroatoms. The molecular weight excluding hydrogens is 678 g/mol. The first-order valence-corrected chi connectivity index (χ1v) is 17.6. The highest BCUT2D eigenvalue weighted by Crippen LogP contribution is 2.50. The van der Waals surface area contributed by atoms with Crippen molar-refractivity contribution in [3.05, 3.63) is 106 Å². The van der Waals surface area contributed by atoms with E-state index in [1.165, 1.54) is 36.6 Å². The zero-order chi connectivity index (χ0) is 35.4. The van der Waals surface area contributed by atoms with Crippen molar-refractivity contribution in [2.45, 2.75) is 58.3 Å². The van der Waals surface area contributed by atoms with Gasteiger partial charge in [-0.15, -0.1) is 21.5 Å². The molecule has 1 aliphatic heterocycles. The molecule has 0 saturated heterocycles. The Morgan fingerprint density at radius 1 is 1.06 bits per heavy atom. The third-order valence-corrected chi connectivity index (χ3v) is 10.7. The van der Waals surface area contributed by atoms with Gasteiger partial charge in [-0.3, -0.25) is 9.78 Å². The van der Waals surface area contributed by atoms with Gasteiger partial charge in [0, 0.05) is 42.1 Å². The molecule has 8 rings (SSSR count). The number of hydrogen-bond acceptors (Lipinski definition) is 9. The van der Waals surface area contributed by atoms with Crippen molar-refractivity contribution in [3.63, 3.8) is 0 Å². The smallest absolute Gasteiger partial charge is 0.256 e. The number of carbonyl (C=O) groups is 1. The zero-order valence-electron chi connectivity index (χ0n) is 28.1. The van der Waals surface area contributed by atoms with E-state index in [4.69, 9.17) is 14.1 Å². The number of thiophene rings is 1. The number of fused-ring (bicyclic) bond motifs is 3. The van der Waals surface area contributed by atoms with Crippen LogP contribution in [0, 0.1) is 18.6 Å². The van der Waals surface area contributed by atoms with Crippen molar-refractivity contribution in [2.24, 2.45) is 0 Å². The SMILES string of the molecule is CCCN1Cc2nc(CCc3ccc(F)cc3)c(-c3nnc(C)o3)c(-c3cc4ccnc(NC5CC(F)c6c5ccc(F)c6OC)c4s3)c2C1=O. The lowest BCUT2D eigenvalue weighted by atomic mass is 9.94. The van der Waals surface area contributed by atoms with E-state index >= 15 is 4.39 Å². The maximum atomic E-state index is 15.3. The van der Waals surface area contributed by atoms with Gasteiger partial charge in [0.15, 0.2) is 11.6 Å². The Bertz CT molecular complexity index is 2310. The van der Waals surface area contributed by atoms with E-state index in [2.05, 4.69) is 20.5 Å². The number of benzene rings is 2. The molecule has 9 nitrogen and oxygen atoms in total. The fourth-order valence-corrected chi connectivity index (χ4v) is 8.40. The highest BCUT2D eigenvalue weighted by atomic mass is 32.1.